The Bertz CT molecular complexity index is 473. The molecule has 0 unspecified atom stereocenters. The molecule has 0 heterocycles. The number of rotatable bonds is 8. The molecule has 5 nitrogen and oxygen atoms in total. The molecular formula is C17H29N3O2. The standard InChI is InChI=1S/C17H29N3O2/c1-13(2)7-6-10-19-17(18-3)20-12-14-8-9-15(21-4)16(11-14)22-5/h8-9,11,13H,6-7,10,12H2,1-5H3,(H2,18,19,20). The second-order valence-corrected chi connectivity index (χ2v) is 5.58. The number of nitrogens with zero attached hydrogens (tertiary/aromatic N) is 1. The molecule has 0 spiro atoms. The summed E-state index contributed by atoms with van der Waals surface area (Å²) in [5, 5.41) is 6.63. The van der Waals surface area contributed by atoms with Crippen LogP contribution in [0.3, 0.4) is 0 Å². The summed E-state index contributed by atoms with van der Waals surface area (Å²) in [5.41, 5.74) is 1.11. The van der Waals surface area contributed by atoms with Crippen molar-refractivity contribution in [3.8, 4) is 11.5 Å². The van der Waals surface area contributed by atoms with E-state index in [9.17, 15) is 0 Å². The first-order valence-corrected chi connectivity index (χ1v) is 7.76. The van der Waals surface area contributed by atoms with Gasteiger partial charge in [-0.3, -0.25) is 4.99 Å². The lowest BCUT2D eigenvalue weighted by Crippen LogP contribution is -2.37. The number of ether oxygens (including phenoxy) is 2. The van der Waals surface area contributed by atoms with Crippen LogP contribution >= 0.6 is 0 Å². The molecule has 0 aliphatic carbocycles. The fourth-order valence-electron chi connectivity index (χ4n) is 2.11. The van der Waals surface area contributed by atoms with E-state index < -0.39 is 0 Å². The van der Waals surface area contributed by atoms with Crippen LogP contribution in [0.25, 0.3) is 0 Å². The highest BCUT2D eigenvalue weighted by Crippen LogP contribution is 2.27. The van der Waals surface area contributed by atoms with E-state index in [1.807, 2.05) is 18.2 Å². The van der Waals surface area contributed by atoms with Gasteiger partial charge in [0.1, 0.15) is 0 Å². The summed E-state index contributed by atoms with van der Waals surface area (Å²) in [7, 11) is 5.06. The number of guanidine groups is 1. The van der Waals surface area contributed by atoms with Crippen molar-refractivity contribution in [1.29, 1.82) is 0 Å². The first-order chi connectivity index (χ1) is 10.6. The smallest absolute Gasteiger partial charge is 0.191 e. The van der Waals surface area contributed by atoms with Gasteiger partial charge in [-0.25, -0.2) is 0 Å². The van der Waals surface area contributed by atoms with E-state index in [1.54, 1.807) is 21.3 Å². The van der Waals surface area contributed by atoms with Gasteiger partial charge in [-0.15, -0.1) is 0 Å². The molecule has 0 radical (unpaired) electrons. The minimum absolute atomic E-state index is 0.685. The summed E-state index contributed by atoms with van der Waals surface area (Å²) in [6.07, 6.45) is 2.37. The highest BCUT2D eigenvalue weighted by atomic mass is 16.5. The Morgan fingerprint density at radius 1 is 1.14 bits per heavy atom. The molecule has 124 valence electrons. The van der Waals surface area contributed by atoms with E-state index in [4.69, 9.17) is 9.47 Å². The molecule has 22 heavy (non-hydrogen) atoms. The van der Waals surface area contributed by atoms with Crippen LogP contribution in [0.4, 0.5) is 0 Å². The van der Waals surface area contributed by atoms with Crippen LogP contribution in [-0.2, 0) is 6.54 Å². The van der Waals surface area contributed by atoms with Gasteiger partial charge in [-0.2, -0.15) is 0 Å². The Balaban J connectivity index is 2.46. The van der Waals surface area contributed by atoms with E-state index in [1.165, 1.54) is 6.42 Å². The molecule has 0 amide bonds. The van der Waals surface area contributed by atoms with Crippen LogP contribution in [0.15, 0.2) is 23.2 Å². The van der Waals surface area contributed by atoms with Crippen LogP contribution in [0, 0.1) is 5.92 Å². The Morgan fingerprint density at radius 3 is 2.45 bits per heavy atom. The molecule has 1 aromatic rings. The summed E-state index contributed by atoms with van der Waals surface area (Å²) in [6, 6.07) is 5.90. The molecule has 1 rings (SSSR count). The van der Waals surface area contributed by atoms with Crippen molar-refractivity contribution < 1.29 is 9.47 Å². The third-order valence-corrected chi connectivity index (χ3v) is 3.38. The average molecular weight is 307 g/mol. The number of benzene rings is 1. The van der Waals surface area contributed by atoms with Crippen molar-refractivity contribution in [2.45, 2.75) is 33.2 Å². The van der Waals surface area contributed by atoms with Gasteiger partial charge in [0, 0.05) is 20.1 Å². The molecule has 0 fully saturated rings. The van der Waals surface area contributed by atoms with Crippen LogP contribution in [0.1, 0.15) is 32.3 Å². The quantitative estimate of drug-likeness (QED) is 0.440. The van der Waals surface area contributed by atoms with Crippen LogP contribution in [-0.4, -0.2) is 33.8 Å². The average Bonchev–Trinajstić information content (AvgIpc) is 2.53. The van der Waals surface area contributed by atoms with Crippen LogP contribution in [0.5, 0.6) is 11.5 Å². The van der Waals surface area contributed by atoms with Crippen molar-refractivity contribution in [3.63, 3.8) is 0 Å². The minimum atomic E-state index is 0.685. The Hall–Kier alpha value is -1.91. The maximum Gasteiger partial charge on any atom is 0.191 e. The number of hydrogen-bond acceptors (Lipinski definition) is 3. The maximum absolute atomic E-state index is 5.31. The second-order valence-electron chi connectivity index (χ2n) is 5.58. The number of aliphatic imine (C=N–C) groups is 1. The van der Waals surface area contributed by atoms with Gasteiger partial charge < -0.3 is 20.1 Å². The van der Waals surface area contributed by atoms with Gasteiger partial charge in [0.15, 0.2) is 17.5 Å². The van der Waals surface area contributed by atoms with Gasteiger partial charge in [0.2, 0.25) is 0 Å². The van der Waals surface area contributed by atoms with Gasteiger partial charge in [-0.05, 0) is 36.5 Å². The topological polar surface area (TPSA) is 54.9 Å². The molecule has 5 heteroatoms. The molecule has 1 aromatic carbocycles. The van der Waals surface area contributed by atoms with E-state index in [0.717, 1.165) is 41.9 Å². The first kappa shape index (κ1) is 18.1. The second kappa shape index (κ2) is 9.92. The summed E-state index contributed by atoms with van der Waals surface area (Å²) in [6.45, 7) is 6.10. The van der Waals surface area contributed by atoms with Crippen LogP contribution < -0.4 is 20.1 Å². The lowest BCUT2D eigenvalue weighted by atomic mass is 10.1. The monoisotopic (exact) mass is 307 g/mol. The Morgan fingerprint density at radius 2 is 1.86 bits per heavy atom. The van der Waals surface area contributed by atoms with Gasteiger partial charge in [-0.1, -0.05) is 19.9 Å². The fraction of sp³-hybridized carbons (Fsp3) is 0.588. The molecule has 0 aliphatic rings. The molecule has 0 aliphatic heterocycles. The maximum atomic E-state index is 5.31. The number of nitrogens with one attached hydrogen (secondary N) is 2. The minimum Gasteiger partial charge on any atom is -0.493 e. The Labute approximate surface area is 134 Å². The van der Waals surface area contributed by atoms with E-state index in [0.29, 0.717) is 6.54 Å². The predicted molar refractivity (Wildman–Crippen MR) is 91.8 cm³/mol. The highest BCUT2D eigenvalue weighted by molar-refractivity contribution is 5.79. The van der Waals surface area contributed by atoms with Gasteiger partial charge in [0.25, 0.3) is 0 Å². The van der Waals surface area contributed by atoms with E-state index >= 15 is 0 Å². The molecule has 0 saturated carbocycles. The zero-order valence-electron chi connectivity index (χ0n) is 14.4. The summed E-state index contributed by atoms with van der Waals surface area (Å²) in [4.78, 5) is 4.23. The molecule has 0 saturated heterocycles. The van der Waals surface area contributed by atoms with E-state index in [-0.39, 0.29) is 0 Å². The number of hydrogen-bond donors (Lipinski definition) is 2. The van der Waals surface area contributed by atoms with Crippen molar-refractivity contribution in [2.75, 3.05) is 27.8 Å². The zero-order chi connectivity index (χ0) is 16.4. The first-order valence-electron chi connectivity index (χ1n) is 7.76. The SMILES string of the molecule is CN=C(NCCCC(C)C)NCc1ccc(OC)c(OC)c1. The lowest BCUT2D eigenvalue weighted by Gasteiger charge is -2.14. The van der Waals surface area contributed by atoms with Crippen molar-refractivity contribution in [2.24, 2.45) is 10.9 Å². The van der Waals surface area contributed by atoms with E-state index in [2.05, 4.69) is 29.5 Å². The largest absolute Gasteiger partial charge is 0.493 e. The molecule has 2 N–H and O–H groups in total. The summed E-state index contributed by atoms with van der Waals surface area (Å²) < 4.78 is 10.6. The molecule has 0 aromatic heterocycles. The summed E-state index contributed by atoms with van der Waals surface area (Å²) in [5.74, 6) is 3.03. The zero-order valence-corrected chi connectivity index (χ0v) is 14.4. The van der Waals surface area contributed by atoms with Crippen molar-refractivity contribution in [3.05, 3.63) is 23.8 Å². The molecule has 0 bridgehead atoms. The Kier molecular flexibility index (Phi) is 8.18. The lowest BCUT2D eigenvalue weighted by molar-refractivity contribution is 0.354. The highest BCUT2D eigenvalue weighted by Gasteiger charge is 2.05. The fourth-order valence-corrected chi connectivity index (χ4v) is 2.11. The van der Waals surface area contributed by atoms with Gasteiger partial charge in [0.05, 0.1) is 14.2 Å². The van der Waals surface area contributed by atoms with Gasteiger partial charge >= 0.3 is 0 Å². The van der Waals surface area contributed by atoms with Crippen molar-refractivity contribution in [1.82, 2.24) is 10.6 Å². The number of methoxy groups -OCH3 is 2. The third kappa shape index (κ3) is 6.24. The van der Waals surface area contributed by atoms with Crippen molar-refractivity contribution >= 4 is 5.96 Å². The third-order valence-electron chi connectivity index (χ3n) is 3.38. The molecular weight excluding hydrogens is 278 g/mol. The predicted octanol–water partition coefficient (Wildman–Crippen LogP) is 2.81. The normalized spacial score (nSPS) is 11.5. The molecule has 0 atom stereocenters. The van der Waals surface area contributed by atoms with Crippen LogP contribution in [0.2, 0.25) is 0 Å². The summed E-state index contributed by atoms with van der Waals surface area (Å²) >= 11 is 0.